The number of aryl methyl sites for hydroxylation is 2. The van der Waals surface area contributed by atoms with Crippen LogP contribution in [0.15, 0.2) is 72.8 Å². The zero-order valence-corrected chi connectivity index (χ0v) is 13.2. The first kappa shape index (κ1) is 15.0. The van der Waals surface area contributed by atoms with Gasteiger partial charge in [0.05, 0.1) is 5.56 Å². The SMILES string of the molecule is Cc1ccc(C(=O)Oc2cc(C)ccc2-c2ccccc2)cc1. The number of benzene rings is 3. The highest BCUT2D eigenvalue weighted by atomic mass is 16.5. The fraction of sp³-hybridized carbons (Fsp3) is 0.0952. The van der Waals surface area contributed by atoms with Gasteiger partial charge in [-0.2, -0.15) is 0 Å². The summed E-state index contributed by atoms with van der Waals surface area (Å²) in [6.45, 7) is 3.97. The van der Waals surface area contributed by atoms with Crippen molar-refractivity contribution in [3.05, 3.63) is 89.5 Å². The van der Waals surface area contributed by atoms with Gasteiger partial charge in [-0.3, -0.25) is 0 Å². The van der Waals surface area contributed by atoms with Gasteiger partial charge in [-0.25, -0.2) is 4.79 Å². The molecule has 0 amide bonds. The van der Waals surface area contributed by atoms with Crippen LogP contribution >= 0.6 is 0 Å². The Kier molecular flexibility index (Phi) is 4.24. The number of hydrogen-bond acceptors (Lipinski definition) is 2. The largest absolute Gasteiger partial charge is 0.422 e. The third-order valence-corrected chi connectivity index (χ3v) is 3.71. The summed E-state index contributed by atoms with van der Waals surface area (Å²) in [5, 5.41) is 0. The summed E-state index contributed by atoms with van der Waals surface area (Å²) in [5.41, 5.74) is 4.66. The number of ether oxygens (including phenoxy) is 1. The first-order valence-corrected chi connectivity index (χ1v) is 7.58. The molecule has 0 atom stereocenters. The molecule has 3 aromatic carbocycles. The van der Waals surface area contributed by atoms with Crippen molar-refractivity contribution in [2.45, 2.75) is 13.8 Å². The summed E-state index contributed by atoms with van der Waals surface area (Å²) in [7, 11) is 0. The second-order valence-electron chi connectivity index (χ2n) is 5.62. The molecule has 0 bridgehead atoms. The molecule has 0 saturated heterocycles. The number of hydrogen-bond donors (Lipinski definition) is 0. The lowest BCUT2D eigenvalue weighted by molar-refractivity contribution is 0.0735. The van der Waals surface area contributed by atoms with E-state index in [0.717, 1.165) is 22.3 Å². The highest BCUT2D eigenvalue weighted by Gasteiger charge is 2.13. The third-order valence-electron chi connectivity index (χ3n) is 3.71. The third kappa shape index (κ3) is 3.49. The monoisotopic (exact) mass is 302 g/mol. The summed E-state index contributed by atoms with van der Waals surface area (Å²) in [5.74, 6) is 0.245. The minimum Gasteiger partial charge on any atom is -0.422 e. The zero-order valence-electron chi connectivity index (χ0n) is 13.2. The lowest BCUT2D eigenvalue weighted by Gasteiger charge is -2.11. The molecule has 0 saturated carbocycles. The Labute approximate surface area is 136 Å². The van der Waals surface area contributed by atoms with Crippen LogP contribution in [0.4, 0.5) is 0 Å². The average Bonchev–Trinajstić information content (AvgIpc) is 2.56. The first-order chi connectivity index (χ1) is 11.1. The molecule has 3 aromatic rings. The summed E-state index contributed by atoms with van der Waals surface area (Å²) in [4.78, 5) is 12.4. The highest BCUT2D eigenvalue weighted by molar-refractivity contribution is 5.92. The van der Waals surface area contributed by atoms with Crippen molar-refractivity contribution in [1.29, 1.82) is 0 Å². The van der Waals surface area contributed by atoms with Gasteiger partial charge in [-0.1, -0.05) is 60.2 Å². The topological polar surface area (TPSA) is 26.3 Å². The van der Waals surface area contributed by atoms with E-state index in [1.165, 1.54) is 0 Å². The van der Waals surface area contributed by atoms with Crippen molar-refractivity contribution in [2.24, 2.45) is 0 Å². The van der Waals surface area contributed by atoms with Crippen molar-refractivity contribution < 1.29 is 9.53 Å². The summed E-state index contributed by atoms with van der Waals surface area (Å²) < 4.78 is 5.67. The molecule has 23 heavy (non-hydrogen) atoms. The molecule has 2 nitrogen and oxygen atoms in total. The smallest absolute Gasteiger partial charge is 0.343 e. The lowest BCUT2D eigenvalue weighted by Crippen LogP contribution is -2.09. The maximum Gasteiger partial charge on any atom is 0.343 e. The van der Waals surface area contributed by atoms with Crippen LogP contribution in [0.25, 0.3) is 11.1 Å². The molecule has 0 heterocycles. The molecule has 114 valence electrons. The summed E-state index contributed by atoms with van der Waals surface area (Å²) in [6, 6.07) is 23.2. The molecule has 0 spiro atoms. The van der Waals surface area contributed by atoms with E-state index in [9.17, 15) is 4.79 Å². The molecule has 0 unspecified atom stereocenters. The highest BCUT2D eigenvalue weighted by Crippen LogP contribution is 2.31. The number of esters is 1. The lowest BCUT2D eigenvalue weighted by atomic mass is 10.0. The van der Waals surface area contributed by atoms with Crippen LogP contribution in [0.3, 0.4) is 0 Å². The van der Waals surface area contributed by atoms with Gasteiger partial charge in [0.25, 0.3) is 0 Å². The molecule has 0 aliphatic carbocycles. The van der Waals surface area contributed by atoms with E-state index in [1.807, 2.05) is 74.5 Å². The second kappa shape index (κ2) is 6.49. The van der Waals surface area contributed by atoms with E-state index in [0.29, 0.717) is 11.3 Å². The minimum absolute atomic E-state index is 0.340. The van der Waals surface area contributed by atoms with E-state index in [4.69, 9.17) is 4.74 Å². The van der Waals surface area contributed by atoms with Crippen LogP contribution in [0.1, 0.15) is 21.5 Å². The quantitative estimate of drug-likeness (QED) is 0.491. The zero-order chi connectivity index (χ0) is 16.2. The van der Waals surface area contributed by atoms with Crippen molar-refractivity contribution >= 4 is 5.97 Å². The van der Waals surface area contributed by atoms with Gasteiger partial charge in [-0.15, -0.1) is 0 Å². The van der Waals surface area contributed by atoms with Gasteiger partial charge in [0, 0.05) is 5.56 Å². The minimum atomic E-state index is -0.340. The van der Waals surface area contributed by atoms with Crippen LogP contribution in [-0.2, 0) is 0 Å². The van der Waals surface area contributed by atoms with E-state index >= 15 is 0 Å². The molecule has 0 radical (unpaired) electrons. The number of rotatable bonds is 3. The van der Waals surface area contributed by atoms with Gasteiger partial charge in [0.2, 0.25) is 0 Å². The molecule has 2 heteroatoms. The van der Waals surface area contributed by atoms with E-state index in [2.05, 4.69) is 0 Å². The van der Waals surface area contributed by atoms with Gasteiger partial charge < -0.3 is 4.74 Å². The molecular formula is C21H18O2. The van der Waals surface area contributed by atoms with E-state index < -0.39 is 0 Å². The fourth-order valence-corrected chi connectivity index (χ4v) is 2.42. The molecule has 0 aliphatic rings. The average molecular weight is 302 g/mol. The normalized spacial score (nSPS) is 10.3. The molecular weight excluding hydrogens is 284 g/mol. The number of carbonyl (C=O) groups is 1. The second-order valence-corrected chi connectivity index (χ2v) is 5.62. The molecule has 0 aliphatic heterocycles. The predicted octanol–water partition coefficient (Wildman–Crippen LogP) is 5.19. The van der Waals surface area contributed by atoms with Crippen molar-refractivity contribution in [3.63, 3.8) is 0 Å². The number of carbonyl (C=O) groups excluding carboxylic acids is 1. The van der Waals surface area contributed by atoms with Crippen LogP contribution < -0.4 is 4.74 Å². The van der Waals surface area contributed by atoms with Crippen molar-refractivity contribution in [3.8, 4) is 16.9 Å². The van der Waals surface area contributed by atoms with Gasteiger partial charge in [0.1, 0.15) is 5.75 Å². The summed E-state index contributed by atoms with van der Waals surface area (Å²) >= 11 is 0. The first-order valence-electron chi connectivity index (χ1n) is 7.58. The van der Waals surface area contributed by atoms with E-state index in [1.54, 1.807) is 12.1 Å². The van der Waals surface area contributed by atoms with E-state index in [-0.39, 0.29) is 5.97 Å². The molecule has 3 rings (SSSR count). The summed E-state index contributed by atoms with van der Waals surface area (Å²) in [6.07, 6.45) is 0. The Bertz CT molecular complexity index is 818. The molecule has 0 N–H and O–H groups in total. The van der Waals surface area contributed by atoms with Crippen LogP contribution in [-0.4, -0.2) is 5.97 Å². The fourth-order valence-electron chi connectivity index (χ4n) is 2.42. The molecule has 0 fully saturated rings. The predicted molar refractivity (Wildman–Crippen MR) is 92.8 cm³/mol. The Morgan fingerprint density at radius 2 is 1.43 bits per heavy atom. The Morgan fingerprint density at radius 1 is 0.783 bits per heavy atom. The van der Waals surface area contributed by atoms with Crippen molar-refractivity contribution in [1.82, 2.24) is 0 Å². The van der Waals surface area contributed by atoms with Crippen LogP contribution in [0.5, 0.6) is 5.75 Å². The Balaban J connectivity index is 1.94. The maximum absolute atomic E-state index is 12.4. The molecule has 0 aromatic heterocycles. The van der Waals surface area contributed by atoms with Crippen LogP contribution in [0.2, 0.25) is 0 Å². The van der Waals surface area contributed by atoms with Gasteiger partial charge in [0.15, 0.2) is 0 Å². The van der Waals surface area contributed by atoms with Crippen LogP contribution in [0, 0.1) is 13.8 Å². The standard InChI is InChI=1S/C21H18O2/c1-15-8-11-18(12-9-15)21(22)23-20-14-16(2)10-13-19(20)17-6-4-3-5-7-17/h3-14H,1-2H3. The van der Waals surface area contributed by atoms with Gasteiger partial charge >= 0.3 is 5.97 Å². The van der Waals surface area contributed by atoms with Gasteiger partial charge in [-0.05, 0) is 43.2 Å². The van der Waals surface area contributed by atoms with Crippen molar-refractivity contribution in [2.75, 3.05) is 0 Å². The maximum atomic E-state index is 12.4. The Hall–Kier alpha value is -2.87. The Morgan fingerprint density at radius 3 is 2.13 bits per heavy atom.